The zero-order valence-corrected chi connectivity index (χ0v) is 13.2. The van der Waals surface area contributed by atoms with Gasteiger partial charge < -0.3 is 5.32 Å². The van der Waals surface area contributed by atoms with Gasteiger partial charge in [0.15, 0.2) is 0 Å². The molecule has 0 saturated carbocycles. The number of halogens is 2. The zero-order chi connectivity index (χ0) is 14.5. The summed E-state index contributed by atoms with van der Waals surface area (Å²) >= 11 is 12.7. The third-order valence-corrected chi connectivity index (χ3v) is 3.86. The Morgan fingerprint density at radius 1 is 1.25 bits per heavy atom. The number of hydrogen-bond acceptors (Lipinski definition) is 2. The van der Waals surface area contributed by atoms with Crippen LogP contribution in [0.1, 0.15) is 37.4 Å². The van der Waals surface area contributed by atoms with Crippen LogP contribution in [-0.2, 0) is 6.54 Å². The Balaban J connectivity index is 2.41. The fraction of sp³-hybridized carbons (Fsp3) is 0.400. The summed E-state index contributed by atoms with van der Waals surface area (Å²) in [5.74, 6) is 0. The number of nitrogens with one attached hydrogen (secondary N) is 1. The van der Waals surface area contributed by atoms with E-state index in [0.29, 0.717) is 10.0 Å². The molecule has 0 aliphatic carbocycles. The maximum Gasteiger partial charge on any atom is 0.0637 e. The summed E-state index contributed by atoms with van der Waals surface area (Å²) in [4.78, 5) is 0. The molecular weight excluding hydrogens is 293 g/mol. The Morgan fingerprint density at radius 2 is 1.95 bits per heavy atom. The minimum Gasteiger partial charge on any atom is -0.306 e. The summed E-state index contributed by atoms with van der Waals surface area (Å²) in [6.07, 6.45) is 4.95. The smallest absolute Gasteiger partial charge is 0.0637 e. The van der Waals surface area contributed by atoms with E-state index in [4.69, 9.17) is 23.2 Å². The van der Waals surface area contributed by atoms with Crippen molar-refractivity contribution >= 4 is 23.2 Å². The predicted octanol–water partition coefficient (Wildman–Crippen LogP) is 4.30. The van der Waals surface area contributed by atoms with Crippen LogP contribution >= 0.6 is 23.2 Å². The molecule has 1 N–H and O–H groups in total. The molecule has 0 bridgehead atoms. The van der Waals surface area contributed by atoms with Crippen LogP contribution in [0.3, 0.4) is 0 Å². The van der Waals surface area contributed by atoms with Gasteiger partial charge in [0.05, 0.1) is 12.2 Å². The first-order valence-corrected chi connectivity index (χ1v) is 7.62. The molecule has 1 heterocycles. The van der Waals surface area contributed by atoms with Crippen LogP contribution < -0.4 is 5.32 Å². The molecular formula is C15H19Cl2N3. The molecule has 0 radical (unpaired) electrons. The van der Waals surface area contributed by atoms with E-state index in [2.05, 4.69) is 24.3 Å². The van der Waals surface area contributed by atoms with Gasteiger partial charge in [0, 0.05) is 33.9 Å². The van der Waals surface area contributed by atoms with E-state index in [1.807, 2.05) is 35.3 Å². The number of nitrogens with zero attached hydrogens (tertiary/aromatic N) is 2. The largest absolute Gasteiger partial charge is 0.306 e. The monoisotopic (exact) mass is 311 g/mol. The third kappa shape index (κ3) is 3.35. The van der Waals surface area contributed by atoms with Crippen LogP contribution in [0.2, 0.25) is 10.0 Å². The third-order valence-electron chi connectivity index (χ3n) is 3.20. The van der Waals surface area contributed by atoms with Gasteiger partial charge in [-0.1, -0.05) is 36.2 Å². The minimum atomic E-state index is -0.0311. The van der Waals surface area contributed by atoms with Crippen LogP contribution in [0.5, 0.6) is 0 Å². The Kier molecular flexibility index (Phi) is 5.46. The van der Waals surface area contributed by atoms with Crippen molar-refractivity contribution in [3.8, 4) is 0 Å². The molecule has 0 aliphatic rings. The number of hydrogen-bond donors (Lipinski definition) is 1. The summed E-state index contributed by atoms with van der Waals surface area (Å²) in [5, 5.41) is 9.19. The SMILES string of the molecule is CCCNC(c1cnn(CC)c1)c1c(Cl)cccc1Cl. The molecule has 0 saturated heterocycles. The van der Waals surface area contributed by atoms with Crippen LogP contribution in [0.15, 0.2) is 30.6 Å². The highest BCUT2D eigenvalue weighted by Crippen LogP contribution is 2.33. The van der Waals surface area contributed by atoms with Gasteiger partial charge in [0.2, 0.25) is 0 Å². The molecule has 5 heteroatoms. The molecule has 1 atom stereocenters. The molecule has 0 fully saturated rings. The number of aromatic nitrogens is 2. The van der Waals surface area contributed by atoms with Gasteiger partial charge in [-0.25, -0.2) is 0 Å². The summed E-state index contributed by atoms with van der Waals surface area (Å²) in [7, 11) is 0. The second kappa shape index (κ2) is 7.11. The summed E-state index contributed by atoms with van der Waals surface area (Å²) in [5.41, 5.74) is 2.00. The van der Waals surface area contributed by atoms with Gasteiger partial charge in [-0.05, 0) is 32.0 Å². The number of benzene rings is 1. The zero-order valence-electron chi connectivity index (χ0n) is 11.7. The van der Waals surface area contributed by atoms with E-state index in [0.717, 1.165) is 30.6 Å². The van der Waals surface area contributed by atoms with Crippen molar-refractivity contribution in [3.05, 3.63) is 51.8 Å². The van der Waals surface area contributed by atoms with Crippen LogP contribution in [0, 0.1) is 0 Å². The highest BCUT2D eigenvalue weighted by Gasteiger charge is 2.20. The van der Waals surface area contributed by atoms with Gasteiger partial charge in [0.25, 0.3) is 0 Å². The van der Waals surface area contributed by atoms with Gasteiger partial charge >= 0.3 is 0 Å². The Morgan fingerprint density at radius 3 is 2.50 bits per heavy atom. The second-order valence-electron chi connectivity index (χ2n) is 4.65. The molecule has 0 amide bonds. The number of aryl methyl sites for hydroxylation is 1. The lowest BCUT2D eigenvalue weighted by Gasteiger charge is -2.20. The van der Waals surface area contributed by atoms with E-state index >= 15 is 0 Å². The topological polar surface area (TPSA) is 29.9 Å². The van der Waals surface area contributed by atoms with E-state index in [-0.39, 0.29) is 6.04 Å². The second-order valence-corrected chi connectivity index (χ2v) is 5.47. The molecule has 3 nitrogen and oxygen atoms in total. The van der Waals surface area contributed by atoms with E-state index in [1.54, 1.807) is 0 Å². The van der Waals surface area contributed by atoms with Crippen molar-refractivity contribution in [2.75, 3.05) is 6.54 Å². The van der Waals surface area contributed by atoms with Gasteiger partial charge in [-0.3, -0.25) is 4.68 Å². The van der Waals surface area contributed by atoms with Crippen molar-refractivity contribution in [1.82, 2.24) is 15.1 Å². The Hall–Kier alpha value is -1.03. The molecule has 0 spiro atoms. The van der Waals surface area contributed by atoms with Crippen molar-refractivity contribution in [1.29, 1.82) is 0 Å². The quantitative estimate of drug-likeness (QED) is 0.862. The summed E-state index contributed by atoms with van der Waals surface area (Å²) < 4.78 is 1.90. The molecule has 108 valence electrons. The average molecular weight is 312 g/mol. The molecule has 1 aromatic heterocycles. The Bertz CT molecular complexity index is 546. The van der Waals surface area contributed by atoms with Crippen molar-refractivity contribution in [2.24, 2.45) is 0 Å². The lowest BCUT2D eigenvalue weighted by atomic mass is 10.0. The lowest BCUT2D eigenvalue weighted by Crippen LogP contribution is -2.23. The average Bonchev–Trinajstić information content (AvgIpc) is 2.90. The first-order chi connectivity index (χ1) is 9.67. The molecule has 20 heavy (non-hydrogen) atoms. The van der Waals surface area contributed by atoms with Crippen LogP contribution in [0.4, 0.5) is 0 Å². The lowest BCUT2D eigenvalue weighted by molar-refractivity contribution is 0.596. The maximum absolute atomic E-state index is 6.34. The van der Waals surface area contributed by atoms with Gasteiger partial charge in [0.1, 0.15) is 0 Å². The highest BCUT2D eigenvalue weighted by molar-refractivity contribution is 6.36. The molecule has 1 aromatic carbocycles. The Labute approximate surface area is 129 Å². The fourth-order valence-corrected chi connectivity index (χ4v) is 2.78. The first-order valence-electron chi connectivity index (χ1n) is 6.87. The normalized spacial score (nSPS) is 12.6. The van der Waals surface area contributed by atoms with Crippen molar-refractivity contribution in [2.45, 2.75) is 32.9 Å². The van der Waals surface area contributed by atoms with E-state index < -0.39 is 0 Å². The van der Waals surface area contributed by atoms with Gasteiger partial charge in [-0.15, -0.1) is 0 Å². The van der Waals surface area contributed by atoms with Crippen molar-refractivity contribution < 1.29 is 0 Å². The molecule has 2 rings (SSSR count). The summed E-state index contributed by atoms with van der Waals surface area (Å²) in [6.45, 7) is 5.93. The fourth-order valence-electron chi connectivity index (χ4n) is 2.16. The van der Waals surface area contributed by atoms with Crippen LogP contribution in [-0.4, -0.2) is 16.3 Å². The highest BCUT2D eigenvalue weighted by atomic mass is 35.5. The number of rotatable bonds is 6. The predicted molar refractivity (Wildman–Crippen MR) is 84.5 cm³/mol. The molecule has 1 unspecified atom stereocenters. The standard InChI is InChI=1S/C15H19Cl2N3/c1-3-8-18-15(11-9-19-20(4-2)10-11)14-12(16)6-5-7-13(14)17/h5-7,9-10,15,18H,3-4,8H2,1-2H3. The molecule has 2 aromatic rings. The van der Waals surface area contributed by atoms with E-state index in [1.165, 1.54) is 0 Å². The molecule has 0 aliphatic heterocycles. The van der Waals surface area contributed by atoms with Crippen molar-refractivity contribution in [3.63, 3.8) is 0 Å². The van der Waals surface area contributed by atoms with Crippen LogP contribution in [0.25, 0.3) is 0 Å². The first kappa shape index (κ1) is 15.4. The van der Waals surface area contributed by atoms with Gasteiger partial charge in [-0.2, -0.15) is 5.10 Å². The summed E-state index contributed by atoms with van der Waals surface area (Å²) in [6, 6.07) is 5.57. The van der Waals surface area contributed by atoms with E-state index in [9.17, 15) is 0 Å². The maximum atomic E-state index is 6.34. The minimum absolute atomic E-state index is 0.0311.